The highest BCUT2D eigenvalue weighted by atomic mass is 32.1. The number of carbonyl (C=O) groups excluding carboxylic acids is 2. The molecule has 3 fully saturated rings. The zero-order valence-electron chi connectivity index (χ0n) is 11.7. The topological polar surface area (TPSA) is 65.5 Å². The summed E-state index contributed by atoms with van der Waals surface area (Å²) in [5.41, 5.74) is 2.21. The fourth-order valence-electron chi connectivity index (χ4n) is 3.34. The first kappa shape index (κ1) is 13.1. The normalized spacial score (nSPS) is 27.8. The molecule has 7 heteroatoms. The smallest absolute Gasteiger partial charge is 0.317 e. The van der Waals surface area contributed by atoms with Gasteiger partial charge in [0.15, 0.2) is 0 Å². The van der Waals surface area contributed by atoms with Crippen molar-refractivity contribution in [1.29, 1.82) is 0 Å². The molecule has 2 aliphatic heterocycles. The van der Waals surface area contributed by atoms with E-state index in [9.17, 15) is 9.59 Å². The van der Waals surface area contributed by atoms with Gasteiger partial charge in [0, 0.05) is 37.0 Å². The molecule has 1 aromatic rings. The number of thiazole rings is 1. The fourth-order valence-corrected chi connectivity index (χ4v) is 3.86. The van der Waals surface area contributed by atoms with Crippen molar-refractivity contribution in [2.75, 3.05) is 19.6 Å². The van der Waals surface area contributed by atoms with Crippen LogP contribution in [0.3, 0.4) is 0 Å². The summed E-state index contributed by atoms with van der Waals surface area (Å²) in [7, 11) is 0. The molecular weight excluding hydrogens is 288 g/mol. The number of hydrogen-bond donors (Lipinski definition) is 1. The van der Waals surface area contributed by atoms with Crippen molar-refractivity contribution >= 4 is 23.3 Å². The third-order valence-corrected chi connectivity index (χ3v) is 5.24. The van der Waals surface area contributed by atoms with Crippen LogP contribution in [0.4, 0.5) is 4.79 Å². The molecule has 21 heavy (non-hydrogen) atoms. The zero-order valence-corrected chi connectivity index (χ0v) is 12.5. The number of aromatic nitrogens is 1. The predicted molar refractivity (Wildman–Crippen MR) is 78.2 cm³/mol. The van der Waals surface area contributed by atoms with Gasteiger partial charge in [-0.1, -0.05) is 0 Å². The van der Waals surface area contributed by atoms with Gasteiger partial charge in [-0.25, -0.2) is 9.78 Å². The van der Waals surface area contributed by atoms with Crippen LogP contribution in [-0.4, -0.2) is 58.4 Å². The molecule has 0 unspecified atom stereocenters. The van der Waals surface area contributed by atoms with E-state index >= 15 is 0 Å². The number of rotatable bonds is 2. The largest absolute Gasteiger partial charge is 0.335 e. The average Bonchev–Trinajstić information content (AvgIpc) is 2.94. The van der Waals surface area contributed by atoms with E-state index in [4.69, 9.17) is 0 Å². The van der Waals surface area contributed by atoms with E-state index in [1.165, 1.54) is 11.3 Å². The summed E-state index contributed by atoms with van der Waals surface area (Å²) in [4.78, 5) is 32.5. The van der Waals surface area contributed by atoms with Crippen LogP contribution in [0.2, 0.25) is 0 Å². The molecule has 112 valence electrons. The van der Waals surface area contributed by atoms with Crippen LogP contribution < -0.4 is 5.32 Å². The number of amides is 3. The van der Waals surface area contributed by atoms with Crippen molar-refractivity contribution in [2.24, 2.45) is 5.92 Å². The molecule has 3 heterocycles. The van der Waals surface area contributed by atoms with E-state index in [0.29, 0.717) is 24.2 Å². The lowest BCUT2D eigenvalue weighted by atomic mass is 10.1. The van der Waals surface area contributed by atoms with Gasteiger partial charge in [0.2, 0.25) is 0 Å². The quantitative estimate of drug-likeness (QED) is 0.892. The van der Waals surface area contributed by atoms with Crippen LogP contribution in [0.5, 0.6) is 0 Å². The number of carbonyl (C=O) groups is 2. The maximum Gasteiger partial charge on any atom is 0.317 e. The fraction of sp³-hybridized carbons (Fsp3) is 0.643. The summed E-state index contributed by atoms with van der Waals surface area (Å²) in [6.07, 6.45) is 3.18. The minimum atomic E-state index is 0.00759. The lowest BCUT2D eigenvalue weighted by Crippen LogP contribution is -2.44. The molecule has 1 aromatic heterocycles. The molecule has 1 saturated carbocycles. The monoisotopic (exact) mass is 306 g/mol. The molecule has 0 bridgehead atoms. The Morgan fingerprint density at radius 3 is 2.86 bits per heavy atom. The third kappa shape index (κ3) is 2.39. The van der Waals surface area contributed by atoms with Crippen molar-refractivity contribution in [3.8, 4) is 0 Å². The first-order chi connectivity index (χ1) is 10.2. The molecule has 1 N–H and O–H groups in total. The van der Waals surface area contributed by atoms with Crippen molar-refractivity contribution in [1.82, 2.24) is 20.1 Å². The number of nitrogens with one attached hydrogen (secondary N) is 1. The number of likely N-dealkylation sites (tertiary alicyclic amines) is 2. The maximum absolute atomic E-state index is 12.5. The number of fused-ring (bicyclic) bond motifs is 1. The van der Waals surface area contributed by atoms with E-state index < -0.39 is 0 Å². The lowest BCUT2D eigenvalue weighted by Gasteiger charge is -2.24. The Labute approximate surface area is 127 Å². The van der Waals surface area contributed by atoms with E-state index in [0.717, 1.165) is 32.4 Å². The second-order valence-electron chi connectivity index (χ2n) is 6.12. The van der Waals surface area contributed by atoms with E-state index in [1.54, 1.807) is 10.9 Å². The number of nitrogens with zero attached hydrogens (tertiary/aromatic N) is 3. The molecule has 0 aromatic carbocycles. The molecule has 3 aliphatic rings. The van der Waals surface area contributed by atoms with Crippen molar-refractivity contribution in [3.05, 3.63) is 16.6 Å². The molecule has 2 atom stereocenters. The van der Waals surface area contributed by atoms with Crippen LogP contribution in [0, 0.1) is 5.92 Å². The van der Waals surface area contributed by atoms with Crippen LogP contribution in [0.25, 0.3) is 0 Å². The maximum atomic E-state index is 12.5. The number of hydrogen-bond acceptors (Lipinski definition) is 4. The summed E-state index contributed by atoms with van der Waals surface area (Å²) in [6, 6.07) is 0.572. The predicted octanol–water partition coefficient (Wildman–Crippen LogP) is 1.16. The summed E-state index contributed by atoms with van der Waals surface area (Å²) >= 11 is 1.44. The first-order valence-corrected chi connectivity index (χ1v) is 8.41. The molecule has 0 spiro atoms. The van der Waals surface area contributed by atoms with Crippen LogP contribution in [-0.2, 0) is 0 Å². The van der Waals surface area contributed by atoms with Crippen LogP contribution >= 0.6 is 11.3 Å². The van der Waals surface area contributed by atoms with Crippen LogP contribution in [0.1, 0.15) is 29.8 Å². The minimum Gasteiger partial charge on any atom is -0.335 e. The Morgan fingerprint density at radius 1 is 1.29 bits per heavy atom. The van der Waals surface area contributed by atoms with Crippen molar-refractivity contribution in [2.45, 2.75) is 31.3 Å². The number of urea groups is 1. The second kappa shape index (κ2) is 4.98. The van der Waals surface area contributed by atoms with Gasteiger partial charge in [0.05, 0.1) is 11.6 Å². The van der Waals surface area contributed by atoms with Gasteiger partial charge >= 0.3 is 6.03 Å². The van der Waals surface area contributed by atoms with Gasteiger partial charge in [0.25, 0.3) is 5.91 Å². The van der Waals surface area contributed by atoms with Gasteiger partial charge < -0.3 is 15.1 Å². The summed E-state index contributed by atoms with van der Waals surface area (Å²) < 4.78 is 0. The highest BCUT2D eigenvalue weighted by Crippen LogP contribution is 2.32. The lowest BCUT2D eigenvalue weighted by molar-refractivity contribution is 0.0724. The highest BCUT2D eigenvalue weighted by molar-refractivity contribution is 7.07. The molecule has 6 nitrogen and oxygen atoms in total. The van der Waals surface area contributed by atoms with E-state index in [-0.39, 0.29) is 18.0 Å². The van der Waals surface area contributed by atoms with Crippen molar-refractivity contribution < 1.29 is 9.59 Å². The highest BCUT2D eigenvalue weighted by Gasteiger charge is 2.45. The summed E-state index contributed by atoms with van der Waals surface area (Å²) in [5, 5.41) is 4.82. The Hall–Kier alpha value is -1.63. The molecule has 2 saturated heterocycles. The Bertz CT molecular complexity index is 557. The summed E-state index contributed by atoms with van der Waals surface area (Å²) in [5.74, 6) is 0.422. The minimum absolute atomic E-state index is 0.00759. The van der Waals surface area contributed by atoms with Crippen molar-refractivity contribution in [3.63, 3.8) is 0 Å². The Kier molecular flexibility index (Phi) is 3.10. The SMILES string of the molecule is O=C(NC1CC1)N1C[C@@H]2CCN(C(=O)c3cscn3)[C@@H]2C1. The van der Waals surface area contributed by atoms with Gasteiger partial charge in [0.1, 0.15) is 5.69 Å². The average molecular weight is 306 g/mol. The molecule has 3 amide bonds. The molecular formula is C14H18N4O2S. The zero-order chi connectivity index (χ0) is 14.4. The first-order valence-electron chi connectivity index (χ1n) is 7.47. The standard InChI is InChI=1S/C14H18N4O2S/c19-13(11-7-21-8-15-11)18-4-3-9-5-17(6-12(9)18)14(20)16-10-1-2-10/h7-10,12H,1-6H2,(H,16,20)/t9-,12+/m0/s1. The summed E-state index contributed by atoms with van der Waals surface area (Å²) in [6.45, 7) is 2.20. The van der Waals surface area contributed by atoms with Gasteiger partial charge in [-0.05, 0) is 19.3 Å². The van der Waals surface area contributed by atoms with Gasteiger partial charge in [-0.2, -0.15) is 0 Å². The Balaban J connectivity index is 1.43. The third-order valence-electron chi connectivity index (χ3n) is 4.65. The second-order valence-corrected chi connectivity index (χ2v) is 6.84. The van der Waals surface area contributed by atoms with Crippen LogP contribution in [0.15, 0.2) is 10.9 Å². The molecule has 1 aliphatic carbocycles. The van der Waals surface area contributed by atoms with E-state index in [1.807, 2.05) is 9.80 Å². The molecule has 4 rings (SSSR count). The van der Waals surface area contributed by atoms with Gasteiger partial charge in [-0.15, -0.1) is 11.3 Å². The van der Waals surface area contributed by atoms with Gasteiger partial charge in [-0.3, -0.25) is 4.79 Å². The Morgan fingerprint density at radius 2 is 2.14 bits per heavy atom. The molecule has 0 radical (unpaired) electrons. The van der Waals surface area contributed by atoms with E-state index in [2.05, 4.69) is 10.3 Å².